The normalized spacial score (nSPS) is 11.6. The first-order valence-corrected chi connectivity index (χ1v) is 10.4. The monoisotopic (exact) mass is 424 g/mol. The number of rotatable bonds is 9. The summed E-state index contributed by atoms with van der Waals surface area (Å²) in [4.78, 5) is 12.1. The lowest BCUT2D eigenvalue weighted by Gasteiger charge is -2.08. The number of fused-ring (bicyclic) bond motifs is 3. The van der Waals surface area contributed by atoms with Crippen molar-refractivity contribution >= 4 is 17.1 Å². The summed E-state index contributed by atoms with van der Waals surface area (Å²) in [6, 6.07) is 8.10. The number of halogens is 1. The first kappa shape index (κ1) is 20.9. The molecular formula is C22H25FN6O2. The van der Waals surface area contributed by atoms with E-state index in [1.165, 1.54) is 12.1 Å². The van der Waals surface area contributed by atoms with Crippen molar-refractivity contribution in [3.05, 3.63) is 54.4 Å². The molecular weight excluding hydrogens is 399 g/mol. The summed E-state index contributed by atoms with van der Waals surface area (Å²) in [7, 11) is 0. The van der Waals surface area contributed by atoms with E-state index in [2.05, 4.69) is 20.6 Å². The van der Waals surface area contributed by atoms with Crippen molar-refractivity contribution in [3.8, 4) is 11.3 Å². The van der Waals surface area contributed by atoms with Gasteiger partial charge in [-0.25, -0.2) is 8.91 Å². The number of nitrogens with zero attached hydrogens (tertiary/aromatic N) is 5. The minimum absolute atomic E-state index is 0.0228. The van der Waals surface area contributed by atoms with Crippen LogP contribution < -0.4 is 5.32 Å². The molecule has 1 aromatic carbocycles. The molecule has 3 aromatic heterocycles. The fourth-order valence-corrected chi connectivity index (χ4v) is 3.32. The predicted octanol–water partition coefficient (Wildman–Crippen LogP) is 3.05. The minimum Gasteiger partial charge on any atom is -0.379 e. The van der Waals surface area contributed by atoms with E-state index in [-0.39, 0.29) is 17.8 Å². The van der Waals surface area contributed by atoms with Crippen LogP contribution in [0.4, 0.5) is 4.39 Å². The van der Waals surface area contributed by atoms with E-state index in [0.717, 1.165) is 23.2 Å². The highest BCUT2D eigenvalue weighted by atomic mass is 19.1. The molecule has 162 valence electrons. The Labute approximate surface area is 179 Å². The highest BCUT2D eigenvalue weighted by Crippen LogP contribution is 2.22. The van der Waals surface area contributed by atoms with Crippen LogP contribution in [0, 0.1) is 5.82 Å². The van der Waals surface area contributed by atoms with E-state index in [1.54, 1.807) is 16.6 Å². The van der Waals surface area contributed by atoms with Crippen LogP contribution in [0.5, 0.6) is 0 Å². The molecule has 9 heteroatoms. The number of benzene rings is 1. The van der Waals surface area contributed by atoms with Gasteiger partial charge in [0.05, 0.1) is 11.8 Å². The summed E-state index contributed by atoms with van der Waals surface area (Å²) >= 11 is 0. The number of amides is 1. The second-order valence-corrected chi connectivity index (χ2v) is 7.60. The van der Waals surface area contributed by atoms with Gasteiger partial charge in [-0.2, -0.15) is 5.10 Å². The van der Waals surface area contributed by atoms with Crippen molar-refractivity contribution in [3.63, 3.8) is 0 Å². The lowest BCUT2D eigenvalue weighted by atomic mass is 10.1. The van der Waals surface area contributed by atoms with Crippen molar-refractivity contribution in [2.75, 3.05) is 13.2 Å². The van der Waals surface area contributed by atoms with E-state index < -0.39 is 0 Å². The fraction of sp³-hybridized carbons (Fsp3) is 0.364. The first-order chi connectivity index (χ1) is 15.0. The quantitative estimate of drug-likeness (QED) is 0.418. The largest absolute Gasteiger partial charge is 0.379 e. The molecule has 8 nitrogen and oxygen atoms in total. The number of nitrogens with one attached hydrogen (secondary N) is 1. The van der Waals surface area contributed by atoms with Crippen molar-refractivity contribution in [2.24, 2.45) is 0 Å². The predicted molar refractivity (Wildman–Crippen MR) is 114 cm³/mol. The molecule has 3 heterocycles. The maximum absolute atomic E-state index is 13.2. The van der Waals surface area contributed by atoms with Crippen molar-refractivity contribution in [2.45, 2.75) is 39.2 Å². The average molecular weight is 424 g/mol. The molecule has 0 saturated carbocycles. The molecule has 0 radical (unpaired) electrons. The van der Waals surface area contributed by atoms with Crippen LogP contribution in [0.3, 0.4) is 0 Å². The van der Waals surface area contributed by atoms with Crippen LogP contribution in [-0.4, -0.2) is 49.4 Å². The van der Waals surface area contributed by atoms with Crippen LogP contribution >= 0.6 is 0 Å². The Morgan fingerprint density at radius 3 is 2.77 bits per heavy atom. The summed E-state index contributed by atoms with van der Waals surface area (Å²) < 4.78 is 22.3. The van der Waals surface area contributed by atoms with E-state index in [0.29, 0.717) is 37.5 Å². The van der Waals surface area contributed by atoms with Crippen molar-refractivity contribution in [1.29, 1.82) is 0 Å². The number of hydrogen-bond donors (Lipinski definition) is 1. The van der Waals surface area contributed by atoms with Gasteiger partial charge in [0.15, 0.2) is 5.65 Å². The maximum Gasteiger partial charge on any atom is 0.220 e. The van der Waals surface area contributed by atoms with Crippen LogP contribution in [0.1, 0.15) is 32.5 Å². The molecule has 31 heavy (non-hydrogen) atoms. The molecule has 0 spiro atoms. The first-order valence-electron chi connectivity index (χ1n) is 10.4. The van der Waals surface area contributed by atoms with E-state index in [9.17, 15) is 9.18 Å². The lowest BCUT2D eigenvalue weighted by Crippen LogP contribution is -2.26. The van der Waals surface area contributed by atoms with Crippen molar-refractivity contribution in [1.82, 2.24) is 29.5 Å². The van der Waals surface area contributed by atoms with Gasteiger partial charge >= 0.3 is 0 Å². The number of carbonyl (C=O) groups excluding carboxylic acids is 1. The van der Waals surface area contributed by atoms with Gasteiger partial charge in [-0.1, -0.05) is 0 Å². The zero-order chi connectivity index (χ0) is 21.8. The average Bonchev–Trinajstić information content (AvgIpc) is 3.36. The molecule has 4 aromatic rings. The molecule has 0 aliphatic rings. The summed E-state index contributed by atoms with van der Waals surface area (Å²) in [5, 5.41) is 16.0. The van der Waals surface area contributed by atoms with Gasteiger partial charge in [0.25, 0.3) is 0 Å². The van der Waals surface area contributed by atoms with E-state index in [4.69, 9.17) is 4.74 Å². The molecule has 0 bridgehead atoms. The number of hydrogen-bond acceptors (Lipinski definition) is 5. The van der Waals surface area contributed by atoms with Gasteiger partial charge in [-0.3, -0.25) is 9.20 Å². The summed E-state index contributed by atoms with van der Waals surface area (Å²) in [6.45, 7) is 5.20. The highest BCUT2D eigenvalue weighted by Gasteiger charge is 2.13. The zero-order valence-electron chi connectivity index (χ0n) is 17.6. The van der Waals surface area contributed by atoms with Gasteiger partial charge in [0.1, 0.15) is 17.2 Å². The SMILES string of the molecule is CC(C)OCCCNC(=O)CCc1nnc2c3cc(-c4ccc(F)cc4)nn3ccn12. The Balaban J connectivity index is 1.42. The van der Waals surface area contributed by atoms with Gasteiger partial charge in [0, 0.05) is 44.0 Å². The summed E-state index contributed by atoms with van der Waals surface area (Å²) in [5.74, 6) is 0.399. The van der Waals surface area contributed by atoms with Crippen LogP contribution in [0.2, 0.25) is 0 Å². The zero-order valence-corrected chi connectivity index (χ0v) is 17.6. The Hall–Kier alpha value is -3.33. The number of ether oxygens (including phenoxy) is 1. The molecule has 4 rings (SSSR count). The number of aromatic nitrogens is 5. The number of aryl methyl sites for hydroxylation is 1. The Kier molecular flexibility index (Phi) is 6.22. The third kappa shape index (κ3) is 4.88. The van der Waals surface area contributed by atoms with Crippen molar-refractivity contribution < 1.29 is 13.9 Å². The fourth-order valence-electron chi connectivity index (χ4n) is 3.32. The standard InChI is InChI=1S/C22H25FN6O2/c1-15(2)31-13-3-10-24-21(30)9-8-20-25-26-22-19-14-18(16-4-6-17(23)7-5-16)27-29(19)12-11-28(20)22/h4-7,11-12,14-15H,3,8-10,13H2,1-2H3,(H,24,30). The molecule has 0 aliphatic heterocycles. The van der Waals surface area contributed by atoms with Gasteiger partial charge in [0.2, 0.25) is 5.91 Å². The minimum atomic E-state index is -0.287. The Bertz CT molecular complexity index is 1180. The second-order valence-electron chi connectivity index (χ2n) is 7.60. The molecule has 1 N–H and O–H groups in total. The summed E-state index contributed by atoms with van der Waals surface area (Å²) in [5.41, 5.74) is 2.98. The van der Waals surface area contributed by atoms with Crippen LogP contribution in [-0.2, 0) is 16.0 Å². The Morgan fingerprint density at radius 1 is 1.19 bits per heavy atom. The molecule has 0 aliphatic carbocycles. The molecule has 0 unspecified atom stereocenters. The summed E-state index contributed by atoms with van der Waals surface area (Å²) in [6.07, 6.45) is 5.44. The van der Waals surface area contributed by atoms with Crippen LogP contribution in [0.15, 0.2) is 42.7 Å². The Morgan fingerprint density at radius 2 is 2.00 bits per heavy atom. The third-order valence-corrected chi connectivity index (χ3v) is 4.90. The number of carbonyl (C=O) groups is 1. The van der Waals surface area contributed by atoms with Gasteiger partial charge < -0.3 is 10.1 Å². The van der Waals surface area contributed by atoms with E-state index >= 15 is 0 Å². The molecule has 0 fully saturated rings. The van der Waals surface area contributed by atoms with E-state index in [1.807, 2.05) is 36.7 Å². The maximum atomic E-state index is 13.2. The van der Waals surface area contributed by atoms with Gasteiger partial charge in [-0.05, 0) is 50.6 Å². The highest BCUT2D eigenvalue weighted by molar-refractivity contribution is 5.77. The second kappa shape index (κ2) is 9.22. The molecule has 0 saturated heterocycles. The lowest BCUT2D eigenvalue weighted by molar-refractivity contribution is -0.121. The third-order valence-electron chi connectivity index (χ3n) is 4.90. The topological polar surface area (TPSA) is 85.8 Å². The van der Waals surface area contributed by atoms with Crippen LogP contribution in [0.25, 0.3) is 22.4 Å². The molecule has 0 atom stereocenters. The van der Waals surface area contributed by atoms with Gasteiger partial charge in [-0.15, -0.1) is 10.2 Å². The smallest absolute Gasteiger partial charge is 0.220 e. The molecule has 1 amide bonds.